The van der Waals surface area contributed by atoms with Crippen LogP contribution in [0.2, 0.25) is 10.0 Å². The lowest BCUT2D eigenvalue weighted by Gasteiger charge is -2.18. The van der Waals surface area contributed by atoms with Crippen molar-refractivity contribution >= 4 is 81.8 Å². The normalized spacial score (nSPS) is 12.4. The van der Waals surface area contributed by atoms with Crippen LogP contribution in [0.5, 0.6) is 11.5 Å². The van der Waals surface area contributed by atoms with Gasteiger partial charge in [0.25, 0.3) is 12.1 Å². The van der Waals surface area contributed by atoms with Crippen LogP contribution in [-0.4, -0.2) is 77.0 Å². The molecule has 0 spiro atoms. The zero-order valence-corrected chi connectivity index (χ0v) is 47.6. The number of fused-ring (bicyclic) bond motifs is 1. The third kappa shape index (κ3) is 23.0. The molecule has 0 saturated heterocycles. The fourth-order valence-corrected chi connectivity index (χ4v) is 8.62. The highest BCUT2D eigenvalue weighted by Crippen LogP contribution is 2.31. The van der Waals surface area contributed by atoms with Gasteiger partial charge in [-0.1, -0.05) is 176 Å². The molecule has 1 aromatic heterocycles. The number of unbranched alkanes of at least 4 members (excludes halogenated alkanes) is 18. The van der Waals surface area contributed by atoms with Gasteiger partial charge in [-0.2, -0.15) is 4.68 Å². The van der Waals surface area contributed by atoms with Crippen molar-refractivity contribution in [1.29, 1.82) is 0 Å². The van der Waals surface area contributed by atoms with E-state index in [0.717, 1.165) is 49.6 Å². The molecule has 0 aliphatic rings. The molecule has 1 amide bonds. The monoisotopic (exact) mass is 1130 g/mol. The average Bonchev–Trinajstić information content (AvgIpc) is 3.89. The van der Waals surface area contributed by atoms with Gasteiger partial charge in [-0.05, 0) is 87.4 Å². The number of aromatic nitrogens is 3. The molecular weight excluding hydrogens is 1050 g/mol. The van der Waals surface area contributed by atoms with E-state index in [9.17, 15) is 24.0 Å². The number of carbonyl (C=O) groups excluding carboxylic acids is 5. The Morgan fingerprint density at radius 1 is 0.658 bits per heavy atom. The number of halogens is 2. The molecule has 3 atom stereocenters. The van der Waals surface area contributed by atoms with Gasteiger partial charge >= 0.3 is 23.9 Å². The number of hydrogen-bond acceptors (Lipinski definition) is 15. The second-order valence-electron chi connectivity index (χ2n) is 19.3. The molecule has 17 nitrogen and oxygen atoms in total. The molecule has 0 radical (unpaired) electrons. The Hall–Kier alpha value is -6.56. The molecule has 3 unspecified atom stereocenters. The fraction of sp³-hybridized carbons (Fsp3) is 0.500. The van der Waals surface area contributed by atoms with Crippen molar-refractivity contribution in [3.05, 3.63) is 106 Å². The van der Waals surface area contributed by atoms with Gasteiger partial charge in [0.2, 0.25) is 6.29 Å². The topological polar surface area (TPSA) is 205 Å². The van der Waals surface area contributed by atoms with Crippen molar-refractivity contribution in [2.75, 3.05) is 18.7 Å². The van der Waals surface area contributed by atoms with E-state index in [0.29, 0.717) is 24.3 Å². The summed E-state index contributed by atoms with van der Waals surface area (Å²) in [4.78, 5) is 70.3. The average molecular weight is 1130 g/mol. The van der Waals surface area contributed by atoms with Crippen molar-refractivity contribution in [3.63, 3.8) is 0 Å². The van der Waals surface area contributed by atoms with Crippen molar-refractivity contribution in [2.24, 2.45) is 4.99 Å². The summed E-state index contributed by atoms with van der Waals surface area (Å²) in [5.74, 6) is -2.72. The van der Waals surface area contributed by atoms with E-state index in [-0.39, 0.29) is 62.9 Å². The van der Waals surface area contributed by atoms with Crippen LogP contribution in [0.15, 0.2) is 89.9 Å². The number of rotatable bonds is 38. The lowest BCUT2D eigenvalue weighted by atomic mass is 10.1. The maximum absolute atomic E-state index is 14.3. The summed E-state index contributed by atoms with van der Waals surface area (Å²) in [5.41, 5.74) is 0.807. The van der Waals surface area contributed by atoms with E-state index in [2.05, 4.69) is 34.5 Å². The lowest BCUT2D eigenvalue weighted by molar-refractivity contribution is -0.186. The minimum Gasteiger partial charge on any atom is -0.467 e. The van der Waals surface area contributed by atoms with Crippen LogP contribution in [-0.2, 0) is 38.1 Å². The number of nitrogens with zero attached hydrogens (tertiary/aromatic N) is 4. The van der Waals surface area contributed by atoms with E-state index in [1.807, 2.05) is 0 Å². The van der Waals surface area contributed by atoms with E-state index in [1.54, 1.807) is 43.3 Å². The van der Waals surface area contributed by atoms with Crippen LogP contribution < -0.4 is 14.8 Å². The number of amides is 1. The molecule has 4 aromatic carbocycles. The number of anilines is 1. The molecule has 0 aliphatic carbocycles. The summed E-state index contributed by atoms with van der Waals surface area (Å²) < 4.78 is 40.2. The summed E-state index contributed by atoms with van der Waals surface area (Å²) in [5, 5.41) is 11.3. The van der Waals surface area contributed by atoms with Crippen molar-refractivity contribution < 1.29 is 57.1 Å². The molecule has 5 rings (SSSR count). The standard InChI is InChI=1S/C60H77Cl2N5O12/c1-5-7-9-11-13-15-17-19-21-26-30-55(68)78-44(4)75-42-76-48-33-35-49(61)51(40-48)63-41-74-57(67-54-36-32-46(39-53(54)65-66-67)60(72)79-47-28-24-23-25-29-47)56(69)64-52-38-45(31-34-50(52)62)59(71)77-43(3)58(70)73-37-27-22-20-18-16-14-12-10-8-6-2/h23-25,28-29,31-36,38-41,43-44,57H,5-22,26-27,30,37,42H2,1-4H3,(H,64,69). The van der Waals surface area contributed by atoms with Crippen LogP contribution in [0.3, 0.4) is 0 Å². The first-order valence-electron chi connectivity index (χ1n) is 27.9. The lowest BCUT2D eigenvalue weighted by Crippen LogP contribution is -2.29. The van der Waals surface area contributed by atoms with Crippen LogP contribution in [0.4, 0.5) is 11.4 Å². The van der Waals surface area contributed by atoms with Gasteiger partial charge in [-0.25, -0.2) is 19.4 Å². The molecular formula is C60H77Cl2N5O12. The Labute approximate surface area is 474 Å². The smallest absolute Gasteiger partial charge is 0.347 e. The van der Waals surface area contributed by atoms with Crippen LogP contribution >= 0.6 is 23.2 Å². The zero-order valence-electron chi connectivity index (χ0n) is 46.1. The second-order valence-corrected chi connectivity index (χ2v) is 20.1. The first kappa shape index (κ1) is 63.3. The van der Waals surface area contributed by atoms with Crippen LogP contribution in [0, 0.1) is 0 Å². The van der Waals surface area contributed by atoms with Crippen molar-refractivity contribution in [3.8, 4) is 11.5 Å². The van der Waals surface area contributed by atoms with Gasteiger partial charge in [0, 0.05) is 12.5 Å². The number of carbonyl (C=O) groups is 5. The molecule has 0 aliphatic heterocycles. The number of aliphatic imine (C=N–C) groups is 1. The Morgan fingerprint density at radius 2 is 1.27 bits per heavy atom. The minimum atomic E-state index is -1.64. The Morgan fingerprint density at radius 3 is 1.94 bits per heavy atom. The Kier molecular flexibility index (Phi) is 28.7. The molecule has 0 saturated carbocycles. The highest BCUT2D eigenvalue weighted by Gasteiger charge is 2.28. The highest BCUT2D eigenvalue weighted by molar-refractivity contribution is 6.34. The molecule has 79 heavy (non-hydrogen) atoms. The number of esters is 4. The van der Waals surface area contributed by atoms with Crippen LogP contribution in [0.25, 0.3) is 11.0 Å². The van der Waals surface area contributed by atoms with Crippen molar-refractivity contribution in [1.82, 2.24) is 15.0 Å². The van der Waals surface area contributed by atoms with E-state index < -0.39 is 42.4 Å². The molecule has 1 N–H and O–H groups in total. The maximum atomic E-state index is 14.3. The zero-order chi connectivity index (χ0) is 56.6. The van der Waals surface area contributed by atoms with Gasteiger partial charge in [-0.3, -0.25) is 9.59 Å². The van der Waals surface area contributed by atoms with Crippen molar-refractivity contribution in [2.45, 2.75) is 181 Å². The summed E-state index contributed by atoms with van der Waals surface area (Å²) in [6, 6.07) is 21.7. The third-order valence-corrected chi connectivity index (χ3v) is 13.4. The van der Waals surface area contributed by atoms with Gasteiger partial charge in [0.15, 0.2) is 19.3 Å². The Bertz CT molecular complexity index is 2700. The molecule has 1 heterocycles. The number of para-hydroxylation sites is 1. The predicted octanol–water partition coefficient (Wildman–Crippen LogP) is 15.0. The number of ether oxygens (including phenoxy) is 7. The van der Waals surface area contributed by atoms with E-state index in [1.165, 1.54) is 139 Å². The molecule has 19 heteroatoms. The van der Waals surface area contributed by atoms with Crippen LogP contribution in [0.1, 0.15) is 189 Å². The molecule has 5 aromatic rings. The van der Waals surface area contributed by atoms with Gasteiger partial charge in [-0.15, -0.1) is 5.10 Å². The van der Waals surface area contributed by atoms with Gasteiger partial charge in [0.1, 0.15) is 17.0 Å². The second kappa shape index (κ2) is 35.8. The summed E-state index contributed by atoms with van der Waals surface area (Å²) in [7, 11) is 0. The van der Waals surface area contributed by atoms with Gasteiger partial charge < -0.3 is 38.5 Å². The first-order chi connectivity index (χ1) is 38.4. The van der Waals surface area contributed by atoms with E-state index in [4.69, 9.17) is 56.4 Å². The molecule has 0 bridgehead atoms. The SMILES string of the molecule is CCCCCCCCCCCCOC(=O)C(C)OC(=O)c1ccc(Cl)c(NC(=O)C(OC=Nc2cc(OCOC(C)OC(=O)CCCCCCCCCCCC)ccc2Cl)n2nnc3cc(C(=O)Oc4ccccc4)ccc32)c1. The summed E-state index contributed by atoms with van der Waals surface area (Å²) in [6.45, 7) is 7.42. The Balaban J connectivity index is 1.20. The maximum Gasteiger partial charge on any atom is 0.347 e. The summed E-state index contributed by atoms with van der Waals surface area (Å²) in [6.07, 6.45) is 20.6. The van der Waals surface area contributed by atoms with E-state index >= 15 is 0 Å². The molecule has 0 fully saturated rings. The first-order valence-corrected chi connectivity index (χ1v) is 28.6. The number of nitrogens with one attached hydrogen (secondary N) is 1. The predicted molar refractivity (Wildman–Crippen MR) is 305 cm³/mol. The summed E-state index contributed by atoms with van der Waals surface area (Å²) >= 11 is 13.1. The largest absolute Gasteiger partial charge is 0.467 e. The highest BCUT2D eigenvalue weighted by atomic mass is 35.5. The fourth-order valence-electron chi connectivity index (χ4n) is 8.28. The van der Waals surface area contributed by atoms with Gasteiger partial charge in [0.05, 0.1) is 44.7 Å². The quantitative estimate of drug-likeness (QED) is 0.00743. The number of benzene rings is 4. The minimum absolute atomic E-state index is 0.00788. The molecule has 428 valence electrons. The third-order valence-electron chi connectivity index (χ3n) is 12.8. The number of hydrogen-bond donors (Lipinski definition) is 1.